The van der Waals surface area contributed by atoms with E-state index in [1.54, 1.807) is 0 Å². The van der Waals surface area contributed by atoms with E-state index in [1.165, 1.54) is 47.9 Å². The molecule has 0 atom stereocenters. The predicted octanol–water partition coefficient (Wildman–Crippen LogP) is 4.49. The normalized spacial score (nSPS) is 47.4. The van der Waals surface area contributed by atoms with Crippen LogP contribution in [0.25, 0.3) is 0 Å². The molecule has 0 heterocycles. The molecule has 14 aliphatic carbocycles. The van der Waals surface area contributed by atoms with Crippen LogP contribution in [0.15, 0.2) is 24.3 Å². The molecular formula is C28H28O4. The van der Waals surface area contributed by atoms with Crippen LogP contribution in [0.3, 0.4) is 0 Å². The summed E-state index contributed by atoms with van der Waals surface area (Å²) in [6.45, 7) is 0. The second kappa shape index (κ2) is 4.51. The molecule has 0 aromatic heterocycles. The summed E-state index contributed by atoms with van der Waals surface area (Å²) in [5, 5.41) is 0. The molecule has 4 heteroatoms. The Morgan fingerprint density at radius 1 is 0.469 bits per heavy atom. The van der Waals surface area contributed by atoms with Gasteiger partial charge in [0.15, 0.2) is 0 Å². The van der Waals surface area contributed by atoms with Crippen LogP contribution < -0.4 is 18.9 Å². The minimum atomic E-state index is 0.256. The van der Waals surface area contributed by atoms with Gasteiger partial charge in [0.25, 0.3) is 0 Å². The van der Waals surface area contributed by atoms with Crippen molar-refractivity contribution in [2.24, 2.45) is 23.7 Å². The van der Waals surface area contributed by atoms with Crippen LogP contribution in [0.5, 0.6) is 23.0 Å². The molecule has 2 aromatic rings. The molecule has 10 fully saturated rings. The van der Waals surface area contributed by atoms with Crippen molar-refractivity contribution >= 4 is 0 Å². The Morgan fingerprint density at radius 2 is 0.688 bits per heavy atom. The van der Waals surface area contributed by atoms with Crippen LogP contribution in [-0.4, -0.2) is 28.4 Å². The van der Waals surface area contributed by atoms with Crippen molar-refractivity contribution in [2.45, 2.75) is 47.3 Å². The number of fused-ring (bicyclic) bond motifs is 2. The standard InChI is InChI=1S/C28H28O4/c1-29-13-5-6-14(30-2)18-17(13)25-9-10-27-19-15(31-3)7-8-16(32-4)20(19)28-12-11-26(18,23(28)21(25)27)24(28)22(25)27/h5-8,21-24H,9-12H2,1-4H3. The molecule has 164 valence electrons. The number of methoxy groups -OCH3 is 4. The summed E-state index contributed by atoms with van der Waals surface area (Å²) in [6.07, 6.45) is 5.05. The van der Waals surface area contributed by atoms with Crippen molar-refractivity contribution in [3.63, 3.8) is 0 Å². The molecule has 32 heavy (non-hydrogen) atoms. The SMILES string of the molecule is COc1ccc(OC)c2c1C13CCC45c6c(OC)ccc(OC)c6C67CCC2(C6C14)C7C35. The lowest BCUT2D eigenvalue weighted by Gasteiger charge is -2.91. The lowest BCUT2D eigenvalue weighted by atomic mass is 9.11. The minimum absolute atomic E-state index is 0.256. The van der Waals surface area contributed by atoms with Gasteiger partial charge in [-0.2, -0.15) is 0 Å². The minimum Gasteiger partial charge on any atom is -0.496 e. The van der Waals surface area contributed by atoms with E-state index in [1.807, 2.05) is 28.4 Å². The van der Waals surface area contributed by atoms with Crippen LogP contribution in [-0.2, 0) is 21.7 Å². The van der Waals surface area contributed by atoms with Crippen LogP contribution in [0.1, 0.15) is 47.9 Å². The highest BCUT2D eigenvalue weighted by Gasteiger charge is 3.02. The number of hydrogen-bond donors (Lipinski definition) is 0. The van der Waals surface area contributed by atoms with Crippen LogP contribution in [0, 0.1) is 23.7 Å². The number of benzene rings is 2. The number of rotatable bonds is 4. The van der Waals surface area contributed by atoms with Gasteiger partial charge in [-0.3, -0.25) is 0 Å². The van der Waals surface area contributed by atoms with E-state index in [9.17, 15) is 0 Å². The summed E-state index contributed by atoms with van der Waals surface area (Å²) >= 11 is 0. The molecule has 0 saturated heterocycles. The Balaban J connectivity index is 1.45. The summed E-state index contributed by atoms with van der Waals surface area (Å²) in [6, 6.07) is 8.67. The van der Waals surface area contributed by atoms with Crippen LogP contribution in [0.4, 0.5) is 0 Å². The Morgan fingerprint density at radius 3 is 0.875 bits per heavy atom. The van der Waals surface area contributed by atoms with Gasteiger partial charge in [-0.15, -0.1) is 0 Å². The van der Waals surface area contributed by atoms with Gasteiger partial charge in [-0.25, -0.2) is 0 Å². The summed E-state index contributed by atoms with van der Waals surface area (Å²) in [7, 11) is 7.39. The van der Waals surface area contributed by atoms with E-state index in [2.05, 4.69) is 24.3 Å². The van der Waals surface area contributed by atoms with E-state index < -0.39 is 0 Å². The molecule has 0 amide bonds. The molecular weight excluding hydrogens is 400 g/mol. The third-order valence-corrected chi connectivity index (χ3v) is 12.0. The smallest absolute Gasteiger partial charge is 0.123 e. The van der Waals surface area contributed by atoms with E-state index in [-0.39, 0.29) is 21.7 Å². The Hall–Kier alpha value is -2.36. The Labute approximate surface area is 188 Å². The van der Waals surface area contributed by atoms with Gasteiger partial charge >= 0.3 is 0 Å². The number of ether oxygens (including phenoxy) is 4. The van der Waals surface area contributed by atoms with Crippen molar-refractivity contribution in [3.8, 4) is 23.0 Å². The fourth-order valence-corrected chi connectivity index (χ4v) is 12.3. The third kappa shape index (κ3) is 1.10. The molecule has 0 N–H and O–H groups in total. The first-order chi connectivity index (χ1) is 15.6. The van der Waals surface area contributed by atoms with Gasteiger partial charge in [-0.05, 0) is 73.6 Å². The summed E-state index contributed by atoms with van der Waals surface area (Å²) < 4.78 is 24.2. The molecule has 0 aliphatic heterocycles. The zero-order valence-electron chi connectivity index (χ0n) is 19.1. The average molecular weight is 429 g/mol. The van der Waals surface area contributed by atoms with Gasteiger partial charge < -0.3 is 18.9 Å². The number of hydrogen-bond acceptors (Lipinski definition) is 4. The maximum Gasteiger partial charge on any atom is 0.123 e. The first-order valence-electron chi connectivity index (χ1n) is 12.2. The highest BCUT2D eigenvalue weighted by molar-refractivity contribution is 5.80. The molecule has 8 bridgehead atoms. The zero-order valence-corrected chi connectivity index (χ0v) is 19.1. The lowest BCUT2D eigenvalue weighted by molar-refractivity contribution is -0.320. The van der Waals surface area contributed by atoms with Crippen molar-refractivity contribution in [1.29, 1.82) is 0 Å². The van der Waals surface area contributed by atoms with E-state index in [0.29, 0.717) is 23.7 Å². The largest absolute Gasteiger partial charge is 0.496 e. The Kier molecular flexibility index (Phi) is 2.42. The summed E-state index contributed by atoms with van der Waals surface area (Å²) in [4.78, 5) is 0. The highest BCUT2D eigenvalue weighted by Crippen LogP contribution is 3.03. The maximum atomic E-state index is 6.06. The van der Waals surface area contributed by atoms with E-state index in [0.717, 1.165) is 23.0 Å². The molecule has 0 radical (unpaired) electrons. The van der Waals surface area contributed by atoms with Gasteiger partial charge in [0.2, 0.25) is 0 Å². The fourth-order valence-electron chi connectivity index (χ4n) is 12.3. The third-order valence-electron chi connectivity index (χ3n) is 12.0. The summed E-state index contributed by atoms with van der Waals surface area (Å²) in [5.41, 5.74) is 7.12. The lowest BCUT2D eigenvalue weighted by Crippen LogP contribution is -2.92. The van der Waals surface area contributed by atoms with Crippen LogP contribution in [0.2, 0.25) is 0 Å². The van der Waals surface area contributed by atoms with Crippen molar-refractivity contribution in [1.82, 2.24) is 0 Å². The van der Waals surface area contributed by atoms with Gasteiger partial charge in [0, 0.05) is 43.9 Å². The van der Waals surface area contributed by atoms with Gasteiger partial charge in [0.1, 0.15) is 23.0 Å². The second-order valence-electron chi connectivity index (χ2n) is 11.5. The van der Waals surface area contributed by atoms with Gasteiger partial charge in [-0.1, -0.05) is 0 Å². The van der Waals surface area contributed by atoms with Gasteiger partial charge in [0.05, 0.1) is 28.4 Å². The molecule has 14 aliphatic rings. The Bertz CT molecular complexity index is 1080. The maximum absolute atomic E-state index is 6.06. The summed E-state index contributed by atoms with van der Waals surface area (Å²) in [5.74, 6) is 7.20. The molecule has 4 spiro atoms. The topological polar surface area (TPSA) is 36.9 Å². The van der Waals surface area contributed by atoms with Crippen molar-refractivity contribution < 1.29 is 18.9 Å². The quantitative estimate of drug-likeness (QED) is 0.719. The molecule has 2 aromatic carbocycles. The second-order valence-corrected chi connectivity index (χ2v) is 11.5. The fraction of sp³-hybridized carbons (Fsp3) is 0.571. The predicted molar refractivity (Wildman–Crippen MR) is 118 cm³/mol. The monoisotopic (exact) mass is 428 g/mol. The van der Waals surface area contributed by atoms with Crippen LogP contribution >= 0.6 is 0 Å². The highest BCUT2D eigenvalue weighted by atomic mass is 16.5. The zero-order chi connectivity index (χ0) is 21.4. The first kappa shape index (κ1) is 17.2. The van der Waals surface area contributed by atoms with Crippen molar-refractivity contribution in [2.75, 3.05) is 28.4 Å². The average Bonchev–Trinajstić information content (AvgIpc) is 3.58. The molecule has 10 saturated carbocycles. The van der Waals surface area contributed by atoms with Crippen molar-refractivity contribution in [3.05, 3.63) is 46.5 Å². The molecule has 4 nitrogen and oxygen atoms in total. The van der Waals surface area contributed by atoms with E-state index >= 15 is 0 Å². The molecule has 16 rings (SSSR count). The van der Waals surface area contributed by atoms with E-state index in [4.69, 9.17) is 18.9 Å². The molecule has 0 unspecified atom stereocenters. The first-order valence-corrected chi connectivity index (χ1v) is 12.2.